The summed E-state index contributed by atoms with van der Waals surface area (Å²) in [6, 6.07) is 10.7. The average Bonchev–Trinajstić information content (AvgIpc) is 3.00. The number of benzene rings is 2. The molecule has 3 rings (SSSR count). The van der Waals surface area contributed by atoms with Gasteiger partial charge >= 0.3 is 6.03 Å². The maximum Gasteiger partial charge on any atom is 0.329 e. The van der Waals surface area contributed by atoms with Gasteiger partial charge < -0.3 is 14.8 Å². The molecule has 1 heterocycles. The number of imide groups is 1. The van der Waals surface area contributed by atoms with Gasteiger partial charge in [-0.05, 0) is 29.3 Å². The quantitative estimate of drug-likeness (QED) is 0.236. The van der Waals surface area contributed by atoms with E-state index >= 15 is 0 Å². The fourth-order valence-corrected chi connectivity index (χ4v) is 2.85. The zero-order chi connectivity index (χ0) is 21.7. The molecule has 30 heavy (non-hydrogen) atoms. The largest absolute Gasteiger partial charge is 0.493 e. The Labute approximate surface area is 172 Å². The molecule has 0 aliphatic carbocycles. The van der Waals surface area contributed by atoms with Crippen LogP contribution in [0.2, 0.25) is 0 Å². The fraction of sp³-hybridized carbons (Fsp3) is 0.143. The van der Waals surface area contributed by atoms with Crippen molar-refractivity contribution in [2.24, 2.45) is 0 Å². The first-order valence-corrected chi connectivity index (χ1v) is 8.92. The van der Waals surface area contributed by atoms with Crippen LogP contribution in [0.5, 0.6) is 11.5 Å². The van der Waals surface area contributed by atoms with Crippen molar-refractivity contribution < 1.29 is 24.0 Å². The molecule has 0 aromatic heterocycles. The smallest absolute Gasteiger partial charge is 0.329 e. The van der Waals surface area contributed by atoms with Gasteiger partial charge in [0.2, 0.25) is 0 Å². The SMILES string of the molecule is C=CCN1C(=O)N/C(=C/c2ccc(OCc3cccc([N+](=O)[O-])c3)c(OC)c2)C1=O. The molecule has 0 unspecified atom stereocenters. The summed E-state index contributed by atoms with van der Waals surface area (Å²) in [4.78, 5) is 35.6. The molecule has 1 saturated heterocycles. The van der Waals surface area contributed by atoms with E-state index in [4.69, 9.17) is 9.47 Å². The van der Waals surface area contributed by atoms with Crippen LogP contribution in [-0.2, 0) is 11.4 Å². The molecule has 1 aliphatic heterocycles. The second-order valence-electron chi connectivity index (χ2n) is 6.32. The predicted octanol–water partition coefficient (Wildman–Crippen LogP) is 3.26. The number of nitrogens with one attached hydrogen (secondary N) is 1. The Kier molecular flexibility index (Phi) is 6.11. The zero-order valence-corrected chi connectivity index (χ0v) is 16.2. The Hall–Kier alpha value is -4.14. The van der Waals surface area contributed by atoms with Gasteiger partial charge in [0.15, 0.2) is 11.5 Å². The Morgan fingerprint density at radius 2 is 2.00 bits per heavy atom. The van der Waals surface area contributed by atoms with Gasteiger partial charge in [0.05, 0.1) is 12.0 Å². The molecule has 3 amide bonds. The highest BCUT2D eigenvalue weighted by atomic mass is 16.6. The average molecular weight is 409 g/mol. The Bertz CT molecular complexity index is 1050. The maximum absolute atomic E-state index is 12.3. The van der Waals surface area contributed by atoms with Crippen LogP contribution >= 0.6 is 0 Å². The Balaban J connectivity index is 1.76. The van der Waals surface area contributed by atoms with Crippen molar-refractivity contribution in [3.8, 4) is 11.5 Å². The molecule has 2 aromatic carbocycles. The van der Waals surface area contributed by atoms with E-state index in [0.717, 1.165) is 4.90 Å². The second-order valence-corrected chi connectivity index (χ2v) is 6.32. The highest BCUT2D eigenvalue weighted by Gasteiger charge is 2.32. The number of nitro benzene ring substituents is 1. The van der Waals surface area contributed by atoms with Crippen LogP contribution in [0.3, 0.4) is 0 Å². The number of hydrogen-bond acceptors (Lipinski definition) is 6. The molecule has 154 valence electrons. The van der Waals surface area contributed by atoms with Crippen LogP contribution in [0.25, 0.3) is 6.08 Å². The van der Waals surface area contributed by atoms with Gasteiger partial charge in [-0.1, -0.05) is 24.3 Å². The second kappa shape index (κ2) is 8.91. The normalized spacial score (nSPS) is 14.6. The van der Waals surface area contributed by atoms with Crippen molar-refractivity contribution in [1.29, 1.82) is 0 Å². The molecular weight excluding hydrogens is 390 g/mol. The van der Waals surface area contributed by atoms with E-state index < -0.39 is 16.9 Å². The molecule has 9 heteroatoms. The highest BCUT2D eigenvalue weighted by molar-refractivity contribution is 6.14. The van der Waals surface area contributed by atoms with Crippen molar-refractivity contribution in [1.82, 2.24) is 10.2 Å². The fourth-order valence-electron chi connectivity index (χ4n) is 2.85. The standard InChI is InChI=1S/C21H19N3O6/c1-3-9-23-20(25)17(22-21(23)26)11-14-7-8-18(19(12-14)29-2)30-13-15-5-4-6-16(10-15)24(27)28/h3-8,10-12H,1,9,13H2,2H3,(H,22,26)/b17-11+. The van der Waals surface area contributed by atoms with Crippen molar-refractivity contribution >= 4 is 23.7 Å². The monoisotopic (exact) mass is 409 g/mol. The van der Waals surface area contributed by atoms with Crippen LogP contribution in [0.1, 0.15) is 11.1 Å². The molecule has 1 fully saturated rings. The third-order valence-corrected chi connectivity index (χ3v) is 4.29. The number of rotatable bonds is 8. The predicted molar refractivity (Wildman–Crippen MR) is 109 cm³/mol. The molecule has 1 N–H and O–H groups in total. The van der Waals surface area contributed by atoms with Gasteiger partial charge in [-0.25, -0.2) is 4.79 Å². The summed E-state index contributed by atoms with van der Waals surface area (Å²) in [5, 5.41) is 13.4. The minimum absolute atomic E-state index is 0.0150. The molecule has 1 aliphatic rings. The van der Waals surface area contributed by atoms with Gasteiger partial charge in [0.25, 0.3) is 11.6 Å². The van der Waals surface area contributed by atoms with Gasteiger partial charge in [0.1, 0.15) is 12.3 Å². The van der Waals surface area contributed by atoms with Crippen molar-refractivity contribution in [2.45, 2.75) is 6.61 Å². The van der Waals surface area contributed by atoms with Gasteiger partial charge in [-0.2, -0.15) is 0 Å². The Morgan fingerprint density at radius 1 is 1.20 bits per heavy atom. The molecule has 9 nitrogen and oxygen atoms in total. The summed E-state index contributed by atoms with van der Waals surface area (Å²) in [6.07, 6.45) is 3.01. The van der Waals surface area contributed by atoms with E-state index in [1.165, 1.54) is 31.4 Å². The van der Waals surface area contributed by atoms with Gasteiger partial charge in [-0.3, -0.25) is 19.8 Å². The topological polar surface area (TPSA) is 111 Å². The number of nitrogens with zero attached hydrogens (tertiary/aromatic N) is 2. The highest BCUT2D eigenvalue weighted by Crippen LogP contribution is 2.30. The van der Waals surface area contributed by atoms with Crippen molar-refractivity contribution in [2.75, 3.05) is 13.7 Å². The minimum Gasteiger partial charge on any atom is -0.493 e. The number of non-ortho nitro benzene ring substituents is 1. The summed E-state index contributed by atoms with van der Waals surface area (Å²) in [7, 11) is 1.47. The minimum atomic E-state index is -0.505. The lowest BCUT2D eigenvalue weighted by Crippen LogP contribution is -2.30. The van der Waals surface area contributed by atoms with Crippen LogP contribution in [0.4, 0.5) is 10.5 Å². The molecule has 0 spiro atoms. The molecule has 0 bridgehead atoms. The number of nitro groups is 1. The van der Waals surface area contributed by atoms with Gasteiger partial charge in [0, 0.05) is 18.7 Å². The summed E-state index contributed by atoms with van der Waals surface area (Å²) in [5.41, 5.74) is 1.39. The van der Waals surface area contributed by atoms with E-state index in [-0.39, 0.29) is 24.5 Å². The van der Waals surface area contributed by atoms with E-state index in [0.29, 0.717) is 22.6 Å². The summed E-state index contributed by atoms with van der Waals surface area (Å²) in [6.45, 7) is 3.77. The van der Waals surface area contributed by atoms with Crippen LogP contribution < -0.4 is 14.8 Å². The van der Waals surface area contributed by atoms with E-state index in [1.54, 1.807) is 30.3 Å². The van der Waals surface area contributed by atoms with E-state index in [1.807, 2.05) is 0 Å². The third kappa shape index (κ3) is 4.46. The molecule has 0 radical (unpaired) electrons. The number of hydrogen-bond donors (Lipinski definition) is 1. The lowest BCUT2D eigenvalue weighted by Gasteiger charge is -2.11. The third-order valence-electron chi connectivity index (χ3n) is 4.29. The number of methoxy groups -OCH3 is 1. The summed E-state index contributed by atoms with van der Waals surface area (Å²) in [5.74, 6) is 0.403. The first-order valence-electron chi connectivity index (χ1n) is 8.92. The lowest BCUT2D eigenvalue weighted by molar-refractivity contribution is -0.384. The summed E-state index contributed by atoms with van der Waals surface area (Å²) >= 11 is 0. The zero-order valence-electron chi connectivity index (χ0n) is 16.2. The van der Waals surface area contributed by atoms with E-state index in [9.17, 15) is 19.7 Å². The molecule has 2 aromatic rings. The maximum atomic E-state index is 12.3. The van der Waals surface area contributed by atoms with Crippen molar-refractivity contribution in [3.63, 3.8) is 0 Å². The molecular formula is C21H19N3O6. The number of carbonyl (C=O) groups excluding carboxylic acids is 2. The first kappa shape index (κ1) is 20.6. The lowest BCUT2D eigenvalue weighted by atomic mass is 10.1. The van der Waals surface area contributed by atoms with E-state index in [2.05, 4.69) is 11.9 Å². The van der Waals surface area contributed by atoms with Crippen molar-refractivity contribution in [3.05, 3.63) is 82.1 Å². The van der Waals surface area contributed by atoms with Gasteiger partial charge in [-0.15, -0.1) is 6.58 Å². The number of ether oxygens (including phenoxy) is 2. The summed E-state index contributed by atoms with van der Waals surface area (Å²) < 4.78 is 11.1. The Morgan fingerprint density at radius 3 is 2.70 bits per heavy atom. The number of amides is 3. The number of carbonyl (C=O) groups is 2. The number of urea groups is 1. The van der Waals surface area contributed by atoms with Crippen LogP contribution in [-0.4, -0.2) is 35.4 Å². The van der Waals surface area contributed by atoms with Crippen LogP contribution in [0, 0.1) is 10.1 Å². The van der Waals surface area contributed by atoms with Crippen LogP contribution in [0.15, 0.2) is 60.8 Å². The first-order chi connectivity index (χ1) is 14.4. The molecule has 0 atom stereocenters. The molecule has 0 saturated carbocycles.